The van der Waals surface area contributed by atoms with Crippen molar-refractivity contribution in [1.82, 2.24) is 33.6 Å². The summed E-state index contributed by atoms with van der Waals surface area (Å²) in [6, 6.07) is 9.03. The van der Waals surface area contributed by atoms with E-state index in [1.165, 1.54) is 15.5 Å². The molecule has 0 radical (unpaired) electrons. The Hall–Kier alpha value is -4.46. The molecule has 1 aliphatic heterocycles. The van der Waals surface area contributed by atoms with Gasteiger partial charge >= 0.3 is 6.09 Å². The Morgan fingerprint density at radius 2 is 2.03 bits per heavy atom. The van der Waals surface area contributed by atoms with E-state index in [0.29, 0.717) is 28.4 Å². The second-order valence-corrected chi connectivity index (χ2v) is 7.83. The summed E-state index contributed by atoms with van der Waals surface area (Å²) in [6.07, 6.45) is 5.96. The summed E-state index contributed by atoms with van der Waals surface area (Å²) in [4.78, 5) is 33.7. The standard InChI is InChI=1S/C21H18N8O3/c1-26-7-2-14(10-18(26)30)16-11-17-23-6-9-28(17)19(24-16)15-3-8-29(25-15)21(4-5-22)12-27(13-21)20(31)32/h2-3,6-11H,4,12-13H2,1H3,(H,31,32). The number of likely N-dealkylation sites (tertiary alicyclic amines) is 1. The molecule has 5 rings (SSSR count). The van der Waals surface area contributed by atoms with Crippen LogP contribution in [0.3, 0.4) is 0 Å². The van der Waals surface area contributed by atoms with Crippen molar-refractivity contribution in [1.29, 1.82) is 5.26 Å². The molecule has 4 aromatic heterocycles. The maximum Gasteiger partial charge on any atom is 0.407 e. The first kappa shape index (κ1) is 19.5. The van der Waals surface area contributed by atoms with E-state index in [2.05, 4.69) is 16.2 Å². The SMILES string of the molecule is Cn1ccc(-c2cc3nccn3c(-c3ccn(C4(CC#N)CN(C(=O)O)C4)n3)n2)cc1=O. The molecule has 5 heterocycles. The van der Waals surface area contributed by atoms with Crippen LogP contribution in [0.5, 0.6) is 0 Å². The van der Waals surface area contributed by atoms with Gasteiger partial charge in [0.25, 0.3) is 5.56 Å². The molecule has 0 bridgehead atoms. The van der Waals surface area contributed by atoms with Gasteiger partial charge in [-0.1, -0.05) is 0 Å². The highest BCUT2D eigenvalue weighted by atomic mass is 16.4. The Balaban J connectivity index is 1.59. The molecule has 0 atom stereocenters. The molecule has 1 aliphatic rings. The molecule has 11 heteroatoms. The van der Waals surface area contributed by atoms with Gasteiger partial charge in [-0.2, -0.15) is 10.4 Å². The summed E-state index contributed by atoms with van der Waals surface area (Å²) < 4.78 is 4.92. The fourth-order valence-corrected chi connectivity index (χ4v) is 3.95. The van der Waals surface area contributed by atoms with Crippen LogP contribution in [0.4, 0.5) is 4.79 Å². The molecule has 11 nitrogen and oxygen atoms in total. The van der Waals surface area contributed by atoms with E-state index in [0.717, 1.165) is 0 Å². The lowest BCUT2D eigenvalue weighted by molar-refractivity contribution is 0.0140. The Morgan fingerprint density at radius 3 is 2.75 bits per heavy atom. The van der Waals surface area contributed by atoms with Crippen LogP contribution in [0.1, 0.15) is 6.42 Å². The molecule has 0 unspecified atom stereocenters. The zero-order valence-electron chi connectivity index (χ0n) is 17.1. The summed E-state index contributed by atoms with van der Waals surface area (Å²) in [5, 5.41) is 23.1. The van der Waals surface area contributed by atoms with Gasteiger partial charge in [-0.15, -0.1) is 0 Å². The minimum Gasteiger partial charge on any atom is -0.465 e. The first-order valence-corrected chi connectivity index (χ1v) is 9.83. The lowest BCUT2D eigenvalue weighted by Crippen LogP contribution is -2.64. The van der Waals surface area contributed by atoms with Crippen LogP contribution in [-0.4, -0.2) is 57.9 Å². The summed E-state index contributed by atoms with van der Waals surface area (Å²) in [5.41, 5.74) is 1.58. The summed E-state index contributed by atoms with van der Waals surface area (Å²) >= 11 is 0. The maximum atomic E-state index is 12.1. The second kappa shape index (κ2) is 7.05. The van der Waals surface area contributed by atoms with Gasteiger partial charge < -0.3 is 14.6 Å². The molecule has 1 N–H and O–H groups in total. The molecule has 0 aromatic carbocycles. The molecule has 0 aliphatic carbocycles. The van der Waals surface area contributed by atoms with E-state index < -0.39 is 11.6 Å². The molecule has 1 saturated heterocycles. The highest BCUT2D eigenvalue weighted by Crippen LogP contribution is 2.33. The van der Waals surface area contributed by atoms with Crippen LogP contribution in [0.15, 0.2) is 53.8 Å². The number of fused-ring (bicyclic) bond motifs is 1. The number of nitrogens with zero attached hydrogens (tertiary/aromatic N) is 8. The molecule has 160 valence electrons. The molecule has 4 aromatic rings. The Kier molecular flexibility index (Phi) is 4.30. The topological polar surface area (TPSA) is 134 Å². The van der Waals surface area contributed by atoms with Crippen LogP contribution >= 0.6 is 0 Å². The van der Waals surface area contributed by atoms with E-state index >= 15 is 0 Å². The van der Waals surface area contributed by atoms with Crippen LogP contribution < -0.4 is 5.56 Å². The fourth-order valence-electron chi connectivity index (χ4n) is 3.95. The molecule has 0 saturated carbocycles. The van der Waals surface area contributed by atoms with Crippen molar-refractivity contribution >= 4 is 11.7 Å². The molecule has 0 spiro atoms. The number of pyridine rings is 1. The lowest BCUT2D eigenvalue weighted by atomic mass is 9.87. The number of amides is 1. The number of hydrogen-bond acceptors (Lipinski definition) is 6. The molecule has 1 fully saturated rings. The second-order valence-electron chi connectivity index (χ2n) is 7.83. The van der Waals surface area contributed by atoms with E-state index in [4.69, 9.17) is 4.98 Å². The minimum atomic E-state index is -1.02. The molecule has 32 heavy (non-hydrogen) atoms. The first-order chi connectivity index (χ1) is 15.4. The fraction of sp³-hybridized carbons (Fsp3) is 0.238. The summed E-state index contributed by atoms with van der Waals surface area (Å²) in [6.45, 7) is 0.385. The number of carboxylic acid groups (broad SMARTS) is 1. The maximum absolute atomic E-state index is 12.1. The molecular formula is C21H18N8O3. The third-order valence-electron chi connectivity index (χ3n) is 5.74. The minimum absolute atomic E-state index is 0.138. The third-order valence-corrected chi connectivity index (χ3v) is 5.74. The number of nitriles is 1. The first-order valence-electron chi connectivity index (χ1n) is 9.83. The van der Waals surface area contributed by atoms with Crippen molar-refractivity contribution in [2.45, 2.75) is 12.0 Å². The molecule has 1 amide bonds. The van der Waals surface area contributed by atoms with Gasteiger partial charge in [0.15, 0.2) is 5.82 Å². The van der Waals surface area contributed by atoms with E-state index in [9.17, 15) is 20.0 Å². The van der Waals surface area contributed by atoms with Gasteiger partial charge in [0.2, 0.25) is 0 Å². The van der Waals surface area contributed by atoms with Gasteiger partial charge in [-0.25, -0.2) is 14.8 Å². The van der Waals surface area contributed by atoms with E-state index in [-0.39, 0.29) is 25.1 Å². The van der Waals surface area contributed by atoms with Crippen molar-refractivity contribution < 1.29 is 9.90 Å². The average Bonchev–Trinajstić information content (AvgIpc) is 3.41. The summed E-state index contributed by atoms with van der Waals surface area (Å²) in [7, 11) is 1.68. The van der Waals surface area contributed by atoms with Crippen molar-refractivity contribution in [2.75, 3.05) is 13.1 Å². The van der Waals surface area contributed by atoms with Crippen LogP contribution in [-0.2, 0) is 12.6 Å². The zero-order chi connectivity index (χ0) is 22.5. The van der Waals surface area contributed by atoms with Crippen molar-refractivity contribution in [3.8, 4) is 28.8 Å². The van der Waals surface area contributed by atoms with Gasteiger partial charge in [0.1, 0.15) is 16.9 Å². The smallest absolute Gasteiger partial charge is 0.407 e. The van der Waals surface area contributed by atoms with Crippen LogP contribution in [0, 0.1) is 11.3 Å². The van der Waals surface area contributed by atoms with Crippen molar-refractivity contribution in [3.05, 3.63) is 59.4 Å². The number of rotatable bonds is 4. The van der Waals surface area contributed by atoms with Gasteiger partial charge in [0, 0.05) is 49.5 Å². The van der Waals surface area contributed by atoms with Crippen LogP contribution in [0.25, 0.3) is 28.4 Å². The Morgan fingerprint density at radius 1 is 1.22 bits per heavy atom. The molecular weight excluding hydrogens is 412 g/mol. The van der Waals surface area contributed by atoms with Crippen molar-refractivity contribution in [3.63, 3.8) is 0 Å². The Labute approximate surface area is 181 Å². The quantitative estimate of drug-likeness (QED) is 0.519. The van der Waals surface area contributed by atoms with Gasteiger partial charge in [-0.05, 0) is 12.1 Å². The normalized spacial score (nSPS) is 14.8. The highest BCUT2D eigenvalue weighted by molar-refractivity contribution is 5.68. The van der Waals surface area contributed by atoms with Crippen LogP contribution in [0.2, 0.25) is 0 Å². The number of aryl methyl sites for hydroxylation is 1. The van der Waals surface area contributed by atoms with Gasteiger partial charge in [0.05, 0.1) is 31.3 Å². The number of imidazole rings is 1. The third kappa shape index (κ3) is 3.01. The Bertz CT molecular complexity index is 1450. The monoisotopic (exact) mass is 430 g/mol. The summed E-state index contributed by atoms with van der Waals surface area (Å²) in [5.74, 6) is 0.524. The number of aromatic nitrogens is 6. The van der Waals surface area contributed by atoms with E-state index in [1.807, 2.05) is 6.07 Å². The van der Waals surface area contributed by atoms with E-state index in [1.54, 1.807) is 53.1 Å². The predicted octanol–water partition coefficient (Wildman–Crippen LogP) is 1.56. The average molecular weight is 430 g/mol. The lowest BCUT2D eigenvalue weighted by Gasteiger charge is -2.47. The highest BCUT2D eigenvalue weighted by Gasteiger charge is 2.47. The van der Waals surface area contributed by atoms with Crippen molar-refractivity contribution in [2.24, 2.45) is 7.05 Å². The predicted molar refractivity (Wildman–Crippen MR) is 113 cm³/mol. The number of carbonyl (C=O) groups is 1. The zero-order valence-corrected chi connectivity index (χ0v) is 17.1. The largest absolute Gasteiger partial charge is 0.465 e. The number of hydrogen-bond donors (Lipinski definition) is 1. The van der Waals surface area contributed by atoms with Gasteiger partial charge in [-0.3, -0.25) is 13.9 Å².